The molecule has 2 saturated heterocycles. The maximum atomic E-state index is 12.5. The summed E-state index contributed by atoms with van der Waals surface area (Å²) in [5.41, 5.74) is 3.14. The Kier molecular flexibility index (Phi) is 3.00. The van der Waals surface area contributed by atoms with E-state index in [1.165, 1.54) is 25.1 Å². The zero-order valence-electron chi connectivity index (χ0n) is 12.4. The van der Waals surface area contributed by atoms with Gasteiger partial charge in [-0.15, -0.1) is 0 Å². The molecule has 2 aliphatic heterocycles. The van der Waals surface area contributed by atoms with E-state index < -0.39 is 0 Å². The van der Waals surface area contributed by atoms with Gasteiger partial charge < -0.3 is 14.6 Å². The van der Waals surface area contributed by atoms with Crippen molar-refractivity contribution < 1.29 is 4.79 Å². The van der Waals surface area contributed by atoms with Gasteiger partial charge in [0.05, 0.1) is 5.56 Å². The van der Waals surface area contributed by atoms with Gasteiger partial charge in [-0.3, -0.25) is 4.79 Å². The van der Waals surface area contributed by atoms with Crippen molar-refractivity contribution in [3.05, 3.63) is 41.7 Å². The second-order valence-corrected chi connectivity index (χ2v) is 6.53. The number of carbonyl (C=O) groups is 1. The first-order valence-corrected chi connectivity index (χ1v) is 7.79. The van der Waals surface area contributed by atoms with Crippen molar-refractivity contribution in [2.45, 2.75) is 25.8 Å². The fraction of sp³-hybridized carbons (Fsp3) is 0.471. The summed E-state index contributed by atoms with van der Waals surface area (Å²) in [6, 6.07) is 6.33. The van der Waals surface area contributed by atoms with Crippen LogP contribution in [0.25, 0.3) is 5.52 Å². The number of carbonyl (C=O) groups excluding carboxylic acids is 1. The largest absolute Gasteiger partial charge is 0.348 e. The lowest BCUT2D eigenvalue weighted by molar-refractivity contribution is 0.0909. The molecule has 1 N–H and O–H groups in total. The van der Waals surface area contributed by atoms with E-state index in [4.69, 9.17) is 0 Å². The van der Waals surface area contributed by atoms with Gasteiger partial charge in [0.2, 0.25) is 0 Å². The number of hydrogen-bond donors (Lipinski definition) is 1. The lowest BCUT2D eigenvalue weighted by atomic mass is 9.96. The topological polar surface area (TPSA) is 36.8 Å². The first kappa shape index (κ1) is 12.9. The van der Waals surface area contributed by atoms with Crippen LogP contribution in [0.1, 0.15) is 28.8 Å². The summed E-state index contributed by atoms with van der Waals surface area (Å²) in [7, 11) is 0. The monoisotopic (exact) mass is 283 g/mol. The van der Waals surface area contributed by atoms with Crippen molar-refractivity contribution in [2.24, 2.45) is 5.92 Å². The summed E-state index contributed by atoms with van der Waals surface area (Å²) in [5, 5.41) is 3.21. The SMILES string of the molecule is Cc1ccn2cc(C(=O)N[C@@H]3CC4CCN(C4)C3)ccc12. The molecule has 0 aromatic carbocycles. The second-order valence-electron chi connectivity index (χ2n) is 6.53. The zero-order chi connectivity index (χ0) is 14.4. The van der Waals surface area contributed by atoms with Crippen molar-refractivity contribution in [1.82, 2.24) is 14.6 Å². The number of hydrogen-bond acceptors (Lipinski definition) is 2. The number of fused-ring (bicyclic) bond motifs is 3. The maximum Gasteiger partial charge on any atom is 0.253 e. The summed E-state index contributed by atoms with van der Waals surface area (Å²) in [6.07, 6.45) is 6.36. The van der Waals surface area contributed by atoms with Crippen molar-refractivity contribution in [3.63, 3.8) is 0 Å². The van der Waals surface area contributed by atoms with Crippen molar-refractivity contribution in [2.75, 3.05) is 19.6 Å². The number of pyridine rings is 1. The van der Waals surface area contributed by atoms with Crippen LogP contribution < -0.4 is 5.32 Å². The normalized spacial score (nSPS) is 28.0. The Morgan fingerprint density at radius 3 is 3.05 bits per heavy atom. The van der Waals surface area contributed by atoms with Crippen molar-refractivity contribution in [1.29, 1.82) is 0 Å². The molecular formula is C17H21N3O. The Hall–Kier alpha value is -1.81. The Morgan fingerprint density at radius 2 is 2.19 bits per heavy atom. The van der Waals surface area contributed by atoms with Gasteiger partial charge in [0.15, 0.2) is 0 Å². The molecule has 2 aromatic heterocycles. The first-order chi connectivity index (χ1) is 10.2. The maximum absolute atomic E-state index is 12.5. The quantitative estimate of drug-likeness (QED) is 0.916. The fourth-order valence-corrected chi connectivity index (χ4v) is 3.82. The molecule has 4 rings (SSSR count). The smallest absolute Gasteiger partial charge is 0.253 e. The standard InChI is InChI=1S/C17H21N3O/c1-12-4-7-20-10-14(2-3-16(12)20)17(21)18-15-8-13-5-6-19(9-13)11-15/h2-4,7,10,13,15H,5-6,8-9,11H2,1H3,(H,18,21)/t13?,15-/m1/s1. The van der Waals surface area contributed by atoms with Crippen LogP contribution in [0, 0.1) is 12.8 Å². The molecule has 2 bridgehead atoms. The minimum atomic E-state index is 0.0516. The average Bonchev–Trinajstić information content (AvgIpc) is 3.02. The number of nitrogens with one attached hydrogen (secondary N) is 1. The van der Waals surface area contributed by atoms with Crippen molar-refractivity contribution in [3.8, 4) is 0 Å². The molecule has 4 nitrogen and oxygen atoms in total. The third-order valence-corrected chi connectivity index (χ3v) is 4.93. The molecule has 3 atom stereocenters. The number of aryl methyl sites for hydroxylation is 1. The van der Waals surface area contributed by atoms with Crippen LogP contribution in [0.3, 0.4) is 0 Å². The number of amides is 1. The minimum absolute atomic E-state index is 0.0516. The van der Waals surface area contributed by atoms with E-state index in [0.717, 1.165) is 30.0 Å². The van der Waals surface area contributed by atoms with Gasteiger partial charge in [0.1, 0.15) is 0 Å². The molecule has 4 heteroatoms. The summed E-state index contributed by atoms with van der Waals surface area (Å²) in [4.78, 5) is 14.9. The van der Waals surface area contributed by atoms with Gasteiger partial charge >= 0.3 is 0 Å². The summed E-state index contributed by atoms with van der Waals surface area (Å²) >= 11 is 0. The molecule has 0 aliphatic carbocycles. The van der Waals surface area contributed by atoms with Gasteiger partial charge in [-0.05, 0) is 56.0 Å². The molecular weight excluding hydrogens is 262 g/mol. The van der Waals surface area contributed by atoms with Gasteiger partial charge in [0.25, 0.3) is 5.91 Å². The highest BCUT2D eigenvalue weighted by Gasteiger charge is 2.32. The first-order valence-electron chi connectivity index (χ1n) is 7.79. The van der Waals surface area contributed by atoms with Gasteiger partial charge in [0, 0.05) is 37.0 Å². The van der Waals surface area contributed by atoms with Crippen LogP contribution in [0.2, 0.25) is 0 Å². The third kappa shape index (κ3) is 2.33. The highest BCUT2D eigenvalue weighted by Crippen LogP contribution is 2.26. The minimum Gasteiger partial charge on any atom is -0.348 e. The summed E-state index contributed by atoms with van der Waals surface area (Å²) < 4.78 is 2.03. The van der Waals surface area contributed by atoms with Crippen LogP contribution in [0.15, 0.2) is 30.6 Å². The lowest BCUT2D eigenvalue weighted by Crippen LogP contribution is -2.47. The molecule has 110 valence electrons. The van der Waals surface area contributed by atoms with E-state index in [0.29, 0.717) is 6.04 Å². The van der Waals surface area contributed by atoms with Gasteiger partial charge in [-0.2, -0.15) is 0 Å². The molecule has 4 heterocycles. The van der Waals surface area contributed by atoms with E-state index in [-0.39, 0.29) is 5.91 Å². The van der Waals surface area contributed by atoms with E-state index in [9.17, 15) is 4.79 Å². The summed E-state index contributed by atoms with van der Waals surface area (Å²) in [6.45, 7) is 5.51. The Bertz CT molecular complexity index is 678. The van der Waals surface area contributed by atoms with Crippen LogP contribution >= 0.6 is 0 Å². The number of aromatic nitrogens is 1. The average molecular weight is 283 g/mol. The highest BCUT2D eigenvalue weighted by molar-refractivity contribution is 5.94. The fourth-order valence-electron chi connectivity index (χ4n) is 3.82. The molecule has 2 aromatic rings. The van der Waals surface area contributed by atoms with E-state index in [1.807, 2.05) is 28.9 Å². The third-order valence-electron chi connectivity index (χ3n) is 4.93. The molecule has 2 fully saturated rings. The summed E-state index contributed by atoms with van der Waals surface area (Å²) in [5.74, 6) is 0.828. The molecule has 0 spiro atoms. The van der Waals surface area contributed by atoms with Crippen LogP contribution in [0.4, 0.5) is 0 Å². The molecule has 0 saturated carbocycles. The number of nitrogens with zero attached hydrogens (tertiary/aromatic N) is 2. The number of rotatable bonds is 2. The molecule has 2 aliphatic rings. The van der Waals surface area contributed by atoms with Crippen LogP contribution in [-0.2, 0) is 0 Å². The van der Waals surface area contributed by atoms with E-state index >= 15 is 0 Å². The highest BCUT2D eigenvalue weighted by atomic mass is 16.1. The predicted octanol–water partition coefficient (Wildman–Crippen LogP) is 2.07. The Morgan fingerprint density at radius 1 is 1.29 bits per heavy atom. The lowest BCUT2D eigenvalue weighted by Gasteiger charge is -2.30. The van der Waals surface area contributed by atoms with Crippen LogP contribution in [0.5, 0.6) is 0 Å². The molecule has 21 heavy (non-hydrogen) atoms. The van der Waals surface area contributed by atoms with E-state index in [1.54, 1.807) is 0 Å². The predicted molar refractivity (Wildman–Crippen MR) is 82.6 cm³/mol. The van der Waals surface area contributed by atoms with E-state index in [2.05, 4.69) is 23.2 Å². The number of piperidine rings is 1. The van der Waals surface area contributed by atoms with Crippen LogP contribution in [-0.4, -0.2) is 40.9 Å². The Labute approximate surface area is 124 Å². The molecule has 1 amide bonds. The Balaban J connectivity index is 1.50. The second kappa shape index (κ2) is 4.88. The van der Waals surface area contributed by atoms with Crippen molar-refractivity contribution >= 4 is 11.4 Å². The van der Waals surface area contributed by atoms with Gasteiger partial charge in [-0.1, -0.05) is 0 Å². The molecule has 0 radical (unpaired) electrons. The van der Waals surface area contributed by atoms with Gasteiger partial charge in [-0.25, -0.2) is 0 Å². The molecule has 2 unspecified atom stereocenters. The zero-order valence-corrected chi connectivity index (χ0v) is 12.4.